The van der Waals surface area contributed by atoms with E-state index in [-0.39, 0.29) is 46.4 Å². The molecule has 0 radical (unpaired) electrons. The Labute approximate surface area is 236 Å². The number of esters is 1. The molecule has 0 bridgehead atoms. The molecule has 1 fully saturated rings. The van der Waals surface area contributed by atoms with Gasteiger partial charge in [-0.1, -0.05) is 0 Å². The predicted molar refractivity (Wildman–Crippen MR) is 141 cm³/mol. The maximum atomic E-state index is 13.5. The molecule has 1 saturated heterocycles. The summed E-state index contributed by atoms with van der Waals surface area (Å²) in [6.07, 6.45) is 0. The second-order valence-corrected chi connectivity index (χ2v) is 10.4. The molecule has 2 heterocycles. The van der Waals surface area contributed by atoms with Gasteiger partial charge in [0.2, 0.25) is 12.5 Å². The van der Waals surface area contributed by atoms with Crippen molar-refractivity contribution in [3.8, 4) is 40.2 Å². The summed E-state index contributed by atoms with van der Waals surface area (Å²) in [5.41, 5.74) is 1.92. The summed E-state index contributed by atoms with van der Waals surface area (Å²) in [6.45, 7) is 0.0571. The van der Waals surface area contributed by atoms with Crippen LogP contribution in [-0.4, -0.2) is 54.8 Å². The van der Waals surface area contributed by atoms with Crippen LogP contribution in [0.15, 0.2) is 40.9 Å². The lowest BCUT2D eigenvalue weighted by molar-refractivity contribution is -0.141. The molecule has 11 nitrogen and oxygen atoms in total. The fraction of sp³-hybridized carbons (Fsp3) is 0.286. The highest BCUT2D eigenvalue weighted by molar-refractivity contribution is 9.10. The van der Waals surface area contributed by atoms with Crippen molar-refractivity contribution in [1.82, 2.24) is 5.32 Å². The zero-order valence-corrected chi connectivity index (χ0v) is 22.9. The molecule has 1 amide bonds. The quantitative estimate of drug-likeness (QED) is 0.313. The maximum Gasteiger partial charge on any atom is 0.310 e. The molecule has 2 aliphatic heterocycles. The fourth-order valence-electron chi connectivity index (χ4n) is 5.80. The minimum absolute atomic E-state index is 0.0138. The topological polar surface area (TPSA) is 153 Å². The third-order valence-electron chi connectivity index (χ3n) is 7.68. The molecule has 12 heteroatoms. The number of carbonyl (C=O) groups is 2. The number of hydrogen-bond donors (Lipinski definition) is 4. The lowest BCUT2D eigenvalue weighted by Gasteiger charge is -2.39. The number of aromatic hydroxyl groups is 3. The van der Waals surface area contributed by atoms with Crippen LogP contribution in [0, 0.1) is 11.8 Å². The molecular weight excluding hydrogens is 590 g/mol. The van der Waals surface area contributed by atoms with Gasteiger partial charge in [-0.15, -0.1) is 0 Å². The number of amides is 1. The summed E-state index contributed by atoms with van der Waals surface area (Å²) >= 11 is 3.08. The van der Waals surface area contributed by atoms with Gasteiger partial charge in [0.15, 0.2) is 23.0 Å². The van der Waals surface area contributed by atoms with Gasteiger partial charge in [-0.25, -0.2) is 0 Å². The van der Waals surface area contributed by atoms with E-state index >= 15 is 0 Å². The van der Waals surface area contributed by atoms with E-state index in [1.807, 2.05) is 0 Å². The number of nitrogens with one attached hydrogen (secondary N) is 1. The minimum Gasteiger partial charge on any atom is -0.507 e. The Morgan fingerprint density at radius 3 is 2.25 bits per heavy atom. The first-order valence-electron chi connectivity index (χ1n) is 12.3. The normalized spacial score (nSPS) is 22.2. The van der Waals surface area contributed by atoms with E-state index in [1.165, 1.54) is 26.4 Å². The van der Waals surface area contributed by atoms with Gasteiger partial charge < -0.3 is 44.3 Å². The lowest BCUT2D eigenvalue weighted by atomic mass is 9.65. The van der Waals surface area contributed by atoms with E-state index in [4.69, 9.17) is 23.7 Å². The van der Waals surface area contributed by atoms with Crippen molar-refractivity contribution in [2.75, 3.05) is 27.6 Å². The Bertz CT molecular complexity index is 1530. The monoisotopic (exact) mass is 613 g/mol. The first kappa shape index (κ1) is 25.9. The Kier molecular flexibility index (Phi) is 6.29. The van der Waals surface area contributed by atoms with Crippen LogP contribution in [0.25, 0.3) is 0 Å². The van der Waals surface area contributed by atoms with E-state index in [9.17, 15) is 24.9 Å². The largest absolute Gasteiger partial charge is 0.507 e. The molecule has 0 aromatic heterocycles. The van der Waals surface area contributed by atoms with Crippen molar-refractivity contribution in [3.05, 3.63) is 63.1 Å². The highest BCUT2D eigenvalue weighted by atomic mass is 79.9. The molecule has 3 aliphatic rings. The minimum atomic E-state index is -0.725. The van der Waals surface area contributed by atoms with Crippen molar-refractivity contribution in [3.63, 3.8) is 0 Å². The SMILES string of the molecule is COc1cc([C@@H]2c3cc4c(cc3[C@@H](NC(=O)c3ccc(O)c(Br)c3O)[C@H]3COC(=O)[C@H]23)OCO4)cc(OC)c1O. The first-order valence-corrected chi connectivity index (χ1v) is 13.1. The van der Waals surface area contributed by atoms with Crippen molar-refractivity contribution in [2.24, 2.45) is 11.8 Å². The zero-order valence-electron chi connectivity index (χ0n) is 21.3. The zero-order chi connectivity index (χ0) is 28.3. The van der Waals surface area contributed by atoms with Crippen LogP contribution in [0.4, 0.5) is 0 Å². The Hall–Kier alpha value is -4.32. The number of fused-ring (bicyclic) bond motifs is 3. The van der Waals surface area contributed by atoms with E-state index in [2.05, 4.69) is 21.2 Å². The number of halogens is 1. The van der Waals surface area contributed by atoms with E-state index in [0.29, 0.717) is 28.2 Å². The molecular formula is C28H24BrNO10. The third kappa shape index (κ3) is 3.93. The van der Waals surface area contributed by atoms with Crippen LogP contribution < -0.4 is 24.3 Å². The van der Waals surface area contributed by atoms with E-state index in [1.54, 1.807) is 24.3 Å². The van der Waals surface area contributed by atoms with Crippen LogP contribution in [0.2, 0.25) is 0 Å². The van der Waals surface area contributed by atoms with Crippen molar-refractivity contribution in [1.29, 1.82) is 0 Å². The van der Waals surface area contributed by atoms with Gasteiger partial charge >= 0.3 is 5.97 Å². The molecule has 4 N–H and O–H groups in total. The number of phenols is 3. The van der Waals surface area contributed by atoms with Crippen molar-refractivity contribution in [2.45, 2.75) is 12.0 Å². The molecule has 3 aromatic rings. The fourth-order valence-corrected chi connectivity index (χ4v) is 6.14. The number of cyclic esters (lactones) is 1. The number of hydrogen-bond acceptors (Lipinski definition) is 10. The number of ether oxygens (including phenoxy) is 5. The summed E-state index contributed by atoms with van der Waals surface area (Å²) in [7, 11) is 2.83. The van der Waals surface area contributed by atoms with Crippen molar-refractivity contribution >= 4 is 27.8 Å². The predicted octanol–water partition coefficient (Wildman–Crippen LogP) is 3.72. The molecule has 1 aliphatic carbocycles. The van der Waals surface area contributed by atoms with Gasteiger partial charge in [-0.05, 0) is 69.0 Å². The van der Waals surface area contributed by atoms with Crippen LogP contribution in [0.5, 0.6) is 40.2 Å². The molecule has 6 rings (SSSR count). The average molecular weight is 614 g/mol. The van der Waals surface area contributed by atoms with Crippen LogP contribution in [0.3, 0.4) is 0 Å². The standard InChI is InChI=1S/C28H24BrNO10/c1-36-19-5-11(6-20(37-2)26(19)33)21-13-7-17-18(40-10-39-17)8-14(13)24(15-9-38-28(35)22(15)21)30-27(34)12-3-4-16(31)23(29)25(12)32/h3-8,15,21-22,24,31-33H,9-10H2,1-2H3,(H,30,34)/t15-,21+,22-,24+/m0/s1. The number of phenolic OH excluding ortho intramolecular Hbond substituents is 3. The van der Waals surface area contributed by atoms with Crippen LogP contribution >= 0.6 is 15.9 Å². The lowest BCUT2D eigenvalue weighted by Crippen LogP contribution is -2.42. The van der Waals surface area contributed by atoms with Gasteiger partial charge in [-0.2, -0.15) is 0 Å². The van der Waals surface area contributed by atoms with Crippen LogP contribution in [0.1, 0.15) is 39.0 Å². The molecule has 0 saturated carbocycles. The summed E-state index contributed by atoms with van der Waals surface area (Å²) in [5, 5.41) is 33.9. The van der Waals surface area contributed by atoms with Gasteiger partial charge in [0.1, 0.15) is 16.0 Å². The Morgan fingerprint density at radius 2 is 1.60 bits per heavy atom. The first-order chi connectivity index (χ1) is 19.2. The van der Waals surface area contributed by atoms with Gasteiger partial charge in [-0.3, -0.25) is 9.59 Å². The molecule has 40 heavy (non-hydrogen) atoms. The summed E-state index contributed by atoms with van der Waals surface area (Å²) in [5.74, 6) is -2.36. The summed E-state index contributed by atoms with van der Waals surface area (Å²) < 4.78 is 27.6. The maximum absolute atomic E-state index is 13.5. The van der Waals surface area contributed by atoms with Crippen molar-refractivity contribution < 1.29 is 48.6 Å². The molecule has 0 unspecified atom stereocenters. The molecule has 3 aromatic carbocycles. The highest BCUT2D eigenvalue weighted by Gasteiger charge is 2.53. The molecule has 208 valence electrons. The number of methoxy groups -OCH3 is 2. The smallest absolute Gasteiger partial charge is 0.310 e. The van der Waals surface area contributed by atoms with Gasteiger partial charge in [0, 0.05) is 11.8 Å². The number of rotatable bonds is 5. The molecule has 4 atom stereocenters. The number of benzene rings is 3. The van der Waals surface area contributed by atoms with Gasteiger partial charge in [0.25, 0.3) is 5.91 Å². The summed E-state index contributed by atoms with van der Waals surface area (Å²) in [6, 6.07) is 8.73. The second-order valence-electron chi connectivity index (χ2n) is 9.65. The van der Waals surface area contributed by atoms with Gasteiger partial charge in [0.05, 0.1) is 38.3 Å². The third-order valence-corrected chi connectivity index (χ3v) is 8.46. The number of carbonyl (C=O) groups excluding carboxylic acids is 2. The van der Waals surface area contributed by atoms with E-state index < -0.39 is 41.4 Å². The Morgan fingerprint density at radius 1 is 0.950 bits per heavy atom. The van der Waals surface area contributed by atoms with E-state index in [0.717, 1.165) is 0 Å². The Balaban J connectivity index is 1.51. The van der Waals surface area contributed by atoms with Crippen LogP contribution in [-0.2, 0) is 9.53 Å². The average Bonchev–Trinajstić information content (AvgIpc) is 3.57. The second kappa shape index (κ2) is 9.70. The summed E-state index contributed by atoms with van der Waals surface area (Å²) in [4.78, 5) is 26.7. The molecule has 0 spiro atoms. The highest BCUT2D eigenvalue weighted by Crippen LogP contribution is 2.55.